The van der Waals surface area contributed by atoms with Gasteiger partial charge in [-0.05, 0) is 44.8 Å². The molecule has 0 amide bonds. The van der Waals surface area contributed by atoms with E-state index in [4.69, 9.17) is 0 Å². The molecule has 0 spiro atoms. The van der Waals surface area contributed by atoms with Crippen molar-refractivity contribution in [3.05, 3.63) is 192 Å². The van der Waals surface area contributed by atoms with Gasteiger partial charge in [0.25, 0.3) is 0 Å². The minimum atomic E-state index is -2.17. The van der Waals surface area contributed by atoms with Crippen molar-refractivity contribution in [3.63, 3.8) is 0 Å². The van der Waals surface area contributed by atoms with E-state index in [1.807, 2.05) is 113 Å². The van der Waals surface area contributed by atoms with Crippen molar-refractivity contribution in [3.8, 4) is 28.0 Å². The standard InChI is InChI=1S/C26H18O.C10H12.C6F5N.C6H8N.Mo/c27-26-24(22-14-12-18-6-1-3-8-20(18)16-22)10-5-11-25(26)23-15-13-19-7-2-4-9-21(19)17-23;1-10(2,3)9-7-5-4-6-8-9;7-1-2(8)4(10)6(12)5(11)3(1)9;1-5-3-4-6(2)7-5;/h1-17,27H;1,4-8H,2-3H3;;3-4H,1-2H3;/q;;;-1;. The molecule has 0 atom stereocenters. The first kappa shape index (κ1) is 40.8. The molecule has 7 aromatic carbocycles. The summed E-state index contributed by atoms with van der Waals surface area (Å²) in [6.45, 7) is 7.77. The van der Waals surface area contributed by atoms with Crippen LogP contribution in [0.25, 0.3) is 43.8 Å². The SMILES string of the molecule is CC(C)([CH]=[Mo]=[N]c1c(F)c(F)c(F)c(F)c1F)c1ccccc1.Cc1ccc(C)[n-]1.Oc1c(-c2ccc3ccccc3c2)cccc1-c1ccc2ccccc2c1. The van der Waals surface area contributed by atoms with Crippen molar-refractivity contribution in [2.45, 2.75) is 33.1 Å². The smallest absolute Gasteiger partial charge is 0.131 e. The predicted octanol–water partition coefficient (Wildman–Crippen LogP) is 13.4. The number of fused-ring (bicyclic) bond motifs is 2. The molecule has 1 aromatic heterocycles. The topological polar surface area (TPSA) is 46.7 Å². The van der Waals surface area contributed by atoms with Crippen molar-refractivity contribution in [2.75, 3.05) is 0 Å². The minimum absolute atomic E-state index is 0.322. The van der Waals surface area contributed by atoms with Crippen molar-refractivity contribution < 1.29 is 45.0 Å². The zero-order valence-corrected chi connectivity index (χ0v) is 33.6. The fraction of sp³-hybridized carbons (Fsp3) is 0.104. The molecular formula is C48H38F5MoN2O-. The van der Waals surface area contributed by atoms with E-state index in [1.165, 1.54) is 21.5 Å². The van der Waals surface area contributed by atoms with Crippen LogP contribution >= 0.6 is 0 Å². The summed E-state index contributed by atoms with van der Waals surface area (Å²) in [6.07, 6.45) is 0. The second-order valence-electron chi connectivity index (χ2n) is 13.9. The van der Waals surface area contributed by atoms with Crippen LogP contribution < -0.4 is 4.98 Å². The molecule has 57 heavy (non-hydrogen) atoms. The summed E-state index contributed by atoms with van der Waals surface area (Å²) in [7, 11) is 0. The monoisotopic (exact) mass is 851 g/mol. The molecule has 9 heteroatoms. The number of halogens is 5. The van der Waals surface area contributed by atoms with Gasteiger partial charge in [-0.1, -0.05) is 117 Å². The van der Waals surface area contributed by atoms with Crippen LogP contribution in [0.3, 0.4) is 0 Å². The van der Waals surface area contributed by atoms with Crippen LogP contribution in [-0.4, -0.2) is 9.51 Å². The van der Waals surface area contributed by atoms with Gasteiger partial charge in [-0.25, -0.2) is 0 Å². The van der Waals surface area contributed by atoms with E-state index in [-0.39, 0.29) is 0 Å². The van der Waals surface area contributed by atoms with Gasteiger partial charge >= 0.3 is 138 Å². The summed E-state index contributed by atoms with van der Waals surface area (Å²) in [5, 5.41) is 15.8. The third-order valence-electron chi connectivity index (χ3n) is 9.27. The molecule has 8 rings (SSSR count). The van der Waals surface area contributed by atoms with E-state index in [0.29, 0.717) is 5.75 Å². The summed E-state index contributed by atoms with van der Waals surface area (Å²) in [5.41, 5.74) is 5.42. The summed E-state index contributed by atoms with van der Waals surface area (Å²) in [5.74, 6) is -9.58. The van der Waals surface area contributed by atoms with E-state index in [0.717, 1.165) is 39.2 Å². The molecule has 0 aliphatic rings. The number of hydrogen-bond acceptors (Lipinski definition) is 2. The molecule has 8 aromatic rings. The molecule has 0 unspecified atom stereocenters. The maximum absolute atomic E-state index is 13.5. The molecule has 0 saturated carbocycles. The van der Waals surface area contributed by atoms with E-state index < -0.39 is 58.1 Å². The number of nitrogens with zero attached hydrogens (tertiary/aromatic N) is 2. The zero-order chi connectivity index (χ0) is 40.7. The van der Waals surface area contributed by atoms with Gasteiger partial charge in [0.2, 0.25) is 0 Å². The van der Waals surface area contributed by atoms with Gasteiger partial charge in [-0.3, -0.25) is 0 Å². The quantitative estimate of drug-likeness (QED) is 0.0812. The fourth-order valence-corrected chi connectivity index (χ4v) is 7.90. The minimum Gasteiger partial charge on any atom is -0.665 e. The van der Waals surface area contributed by atoms with E-state index in [1.54, 1.807) is 4.40 Å². The molecule has 0 radical (unpaired) electrons. The second-order valence-corrected chi connectivity index (χ2v) is 15.4. The Kier molecular flexibility index (Phi) is 12.8. The Balaban J connectivity index is 0.000000166. The molecule has 1 heterocycles. The average molecular weight is 850 g/mol. The van der Waals surface area contributed by atoms with E-state index in [9.17, 15) is 27.1 Å². The van der Waals surface area contributed by atoms with E-state index >= 15 is 0 Å². The van der Waals surface area contributed by atoms with Gasteiger partial charge in [-0.15, -0.1) is 0 Å². The van der Waals surface area contributed by atoms with Crippen molar-refractivity contribution >= 4 is 31.6 Å². The Morgan fingerprint density at radius 1 is 0.526 bits per heavy atom. The van der Waals surface area contributed by atoms with E-state index in [2.05, 4.69) is 69.1 Å². The van der Waals surface area contributed by atoms with Crippen LogP contribution in [0.1, 0.15) is 30.8 Å². The normalized spacial score (nSPS) is 11.0. The number of aromatic hydroxyl groups is 1. The summed E-state index contributed by atoms with van der Waals surface area (Å²) < 4.78 is 71.7. The summed E-state index contributed by atoms with van der Waals surface area (Å²) in [4.78, 5) is 4.11. The Morgan fingerprint density at radius 3 is 1.42 bits per heavy atom. The largest absolute Gasteiger partial charge is 0.665 e. The third-order valence-corrected chi connectivity index (χ3v) is 11.7. The van der Waals surface area contributed by atoms with Gasteiger partial charge in [-0.2, -0.15) is 11.4 Å². The number of aryl methyl sites for hydroxylation is 2. The maximum Gasteiger partial charge on any atom is 0.131 e. The fourth-order valence-electron chi connectivity index (χ4n) is 6.14. The summed E-state index contributed by atoms with van der Waals surface area (Å²) >= 11 is -1.47. The Morgan fingerprint density at radius 2 is 0.965 bits per heavy atom. The van der Waals surface area contributed by atoms with Crippen LogP contribution in [0.15, 0.2) is 149 Å². The van der Waals surface area contributed by atoms with Gasteiger partial charge in [0.1, 0.15) is 5.75 Å². The first-order chi connectivity index (χ1) is 27.3. The summed E-state index contributed by atoms with van der Waals surface area (Å²) in [6, 6.07) is 48.5. The molecule has 0 bridgehead atoms. The second kappa shape index (κ2) is 18.0. The zero-order valence-electron chi connectivity index (χ0n) is 31.6. The van der Waals surface area contributed by atoms with Gasteiger partial charge in [0.05, 0.1) is 0 Å². The predicted molar refractivity (Wildman–Crippen MR) is 217 cm³/mol. The number of aromatic nitrogens is 1. The maximum atomic E-state index is 13.5. The Labute approximate surface area is 336 Å². The van der Waals surface area contributed by atoms with Gasteiger partial charge in [0, 0.05) is 11.1 Å². The van der Waals surface area contributed by atoms with Crippen molar-refractivity contribution in [2.24, 2.45) is 3.50 Å². The Hall–Kier alpha value is -5.85. The van der Waals surface area contributed by atoms with Crippen LogP contribution in [0.4, 0.5) is 27.6 Å². The first-order valence-electron chi connectivity index (χ1n) is 18.0. The number of phenols is 1. The number of hydrogen-bond donors (Lipinski definition) is 1. The molecule has 0 saturated heterocycles. The van der Waals surface area contributed by atoms with Crippen LogP contribution in [-0.2, 0) is 23.3 Å². The third kappa shape index (κ3) is 9.58. The van der Waals surface area contributed by atoms with Gasteiger partial charge in [0.15, 0.2) is 0 Å². The van der Waals surface area contributed by atoms with Gasteiger partial charge < -0.3 is 10.1 Å². The Bertz CT molecular complexity index is 2610. The first-order valence-corrected chi connectivity index (χ1v) is 20.0. The number of benzene rings is 7. The molecule has 0 aliphatic heterocycles. The van der Waals surface area contributed by atoms with Crippen molar-refractivity contribution in [1.82, 2.24) is 4.98 Å². The number of rotatable bonds is 5. The molecule has 288 valence electrons. The van der Waals surface area contributed by atoms with Crippen LogP contribution in [0.2, 0.25) is 0 Å². The average Bonchev–Trinajstić information content (AvgIpc) is 3.62. The van der Waals surface area contributed by atoms with Crippen molar-refractivity contribution in [1.29, 1.82) is 0 Å². The molecular weight excluding hydrogens is 811 g/mol. The molecule has 1 N–H and O–H groups in total. The van der Waals surface area contributed by atoms with Crippen LogP contribution in [0, 0.1) is 42.9 Å². The number of para-hydroxylation sites is 1. The van der Waals surface area contributed by atoms with Crippen LogP contribution in [0.5, 0.6) is 5.75 Å². The number of phenolic OH excluding ortho intramolecular Hbond substituents is 1. The molecule has 3 nitrogen and oxygen atoms in total. The molecule has 0 fully saturated rings. The molecule has 0 aliphatic carbocycles.